The predicted molar refractivity (Wildman–Crippen MR) is 142 cm³/mol. The third-order valence-electron chi connectivity index (χ3n) is 5.50. The Bertz CT molecular complexity index is 1310. The van der Waals surface area contributed by atoms with Gasteiger partial charge < -0.3 is 19.1 Å². The summed E-state index contributed by atoms with van der Waals surface area (Å²) in [6.45, 7) is 0.0981. The number of rotatable bonds is 8. The molecule has 0 bridgehead atoms. The molecule has 1 fully saturated rings. The molecule has 184 valence electrons. The molecule has 4 rings (SSSR count). The quantitative estimate of drug-likeness (QED) is 0.232. The number of nitrogens with zero attached hydrogens (tertiary/aromatic N) is 2. The number of hydrogen-bond donors (Lipinski definition) is 0. The number of ether oxygens (including phenoxy) is 3. The first-order chi connectivity index (χ1) is 17.4. The Morgan fingerprint density at radius 1 is 1.00 bits per heavy atom. The molecule has 0 radical (unpaired) electrons. The van der Waals surface area contributed by atoms with Gasteiger partial charge in [-0.05, 0) is 66.3 Å². The van der Waals surface area contributed by atoms with Gasteiger partial charge in [0, 0.05) is 10.6 Å². The zero-order valence-electron chi connectivity index (χ0n) is 19.6. The Balaban J connectivity index is 1.67. The van der Waals surface area contributed by atoms with Crippen LogP contribution in [0, 0.1) is 0 Å². The molecular weight excluding hydrogens is 500 g/mol. The maximum absolute atomic E-state index is 13.6. The highest BCUT2D eigenvalue weighted by Gasteiger charge is 2.40. The molecule has 0 aromatic heterocycles. The molecule has 1 amide bonds. The smallest absolute Gasteiger partial charge is 0.325 e. The van der Waals surface area contributed by atoms with Crippen LogP contribution in [0.4, 0.5) is 5.69 Å². The van der Waals surface area contributed by atoms with E-state index in [4.69, 9.17) is 38.0 Å². The number of para-hydroxylation sites is 1. The maximum Gasteiger partial charge on any atom is 0.325 e. The Labute approximate surface area is 219 Å². The van der Waals surface area contributed by atoms with E-state index in [2.05, 4.69) is 0 Å². The topological polar surface area (TPSA) is 68.3 Å². The number of benzene rings is 3. The Kier molecular flexibility index (Phi) is 7.87. The number of esters is 1. The summed E-state index contributed by atoms with van der Waals surface area (Å²) in [6, 6.07) is 21.6. The van der Waals surface area contributed by atoms with Crippen molar-refractivity contribution in [2.45, 2.75) is 6.61 Å². The van der Waals surface area contributed by atoms with Crippen LogP contribution in [0.25, 0.3) is 6.08 Å². The fourth-order valence-corrected chi connectivity index (χ4v) is 4.08. The molecule has 0 spiro atoms. The van der Waals surface area contributed by atoms with Gasteiger partial charge in [-0.25, -0.2) is 0 Å². The number of anilines is 1. The molecule has 1 heterocycles. The zero-order chi connectivity index (χ0) is 25.7. The van der Waals surface area contributed by atoms with E-state index in [1.165, 1.54) is 16.9 Å². The van der Waals surface area contributed by atoms with Gasteiger partial charge in [0.1, 0.15) is 30.3 Å². The van der Waals surface area contributed by atoms with Crippen molar-refractivity contribution in [2.24, 2.45) is 0 Å². The summed E-state index contributed by atoms with van der Waals surface area (Å²) < 4.78 is 16.1. The molecule has 9 heteroatoms. The molecule has 0 saturated carbocycles. The van der Waals surface area contributed by atoms with E-state index in [0.717, 1.165) is 5.56 Å². The number of carbonyl (C=O) groups excluding carboxylic acids is 2. The lowest BCUT2D eigenvalue weighted by atomic mass is 10.1. The van der Waals surface area contributed by atoms with Gasteiger partial charge in [0.15, 0.2) is 5.11 Å². The van der Waals surface area contributed by atoms with Gasteiger partial charge in [0.25, 0.3) is 5.91 Å². The minimum Gasteiger partial charge on any atom is -0.497 e. The molecule has 7 nitrogen and oxygen atoms in total. The lowest BCUT2D eigenvalue weighted by molar-refractivity contribution is -0.140. The van der Waals surface area contributed by atoms with Gasteiger partial charge in [-0.15, -0.1) is 0 Å². The molecule has 0 N–H and O–H groups in total. The molecule has 1 aliphatic rings. The van der Waals surface area contributed by atoms with Crippen LogP contribution < -0.4 is 14.4 Å². The van der Waals surface area contributed by atoms with E-state index >= 15 is 0 Å². The molecule has 1 aliphatic heterocycles. The monoisotopic (exact) mass is 522 g/mol. The van der Waals surface area contributed by atoms with Gasteiger partial charge in [-0.2, -0.15) is 0 Å². The van der Waals surface area contributed by atoms with Crippen molar-refractivity contribution in [3.8, 4) is 11.5 Å². The van der Waals surface area contributed by atoms with Crippen LogP contribution in [-0.2, 0) is 20.9 Å². The van der Waals surface area contributed by atoms with Crippen LogP contribution in [-0.4, -0.2) is 42.7 Å². The largest absolute Gasteiger partial charge is 0.497 e. The molecule has 0 aliphatic carbocycles. The summed E-state index contributed by atoms with van der Waals surface area (Å²) >= 11 is 11.6. The Morgan fingerprint density at radius 2 is 1.69 bits per heavy atom. The fourth-order valence-electron chi connectivity index (χ4n) is 3.61. The molecule has 1 saturated heterocycles. The van der Waals surface area contributed by atoms with Crippen LogP contribution >= 0.6 is 23.8 Å². The summed E-state index contributed by atoms with van der Waals surface area (Å²) in [5, 5.41) is 0.813. The predicted octanol–water partition coefficient (Wildman–Crippen LogP) is 5.08. The van der Waals surface area contributed by atoms with E-state index in [-0.39, 0.29) is 23.3 Å². The third kappa shape index (κ3) is 5.50. The number of thiocarbonyl (C=S) groups is 1. The van der Waals surface area contributed by atoms with Crippen molar-refractivity contribution in [1.29, 1.82) is 0 Å². The maximum atomic E-state index is 13.6. The van der Waals surface area contributed by atoms with Crippen molar-refractivity contribution in [2.75, 3.05) is 25.7 Å². The first-order valence-electron chi connectivity index (χ1n) is 11.0. The highest BCUT2D eigenvalue weighted by molar-refractivity contribution is 7.80. The number of carbonyl (C=O) groups is 2. The van der Waals surface area contributed by atoms with E-state index in [0.29, 0.717) is 34.4 Å². The van der Waals surface area contributed by atoms with E-state index in [9.17, 15) is 9.59 Å². The summed E-state index contributed by atoms with van der Waals surface area (Å²) in [7, 11) is 2.85. The number of amides is 1. The second-order valence-electron chi connectivity index (χ2n) is 7.77. The minimum atomic E-state index is -0.528. The van der Waals surface area contributed by atoms with Crippen molar-refractivity contribution >= 4 is 52.6 Å². The lowest BCUT2D eigenvalue weighted by Crippen LogP contribution is -2.35. The average molecular weight is 523 g/mol. The second kappa shape index (κ2) is 11.2. The summed E-state index contributed by atoms with van der Waals surface area (Å²) in [4.78, 5) is 28.6. The molecule has 3 aromatic carbocycles. The van der Waals surface area contributed by atoms with E-state index in [1.54, 1.807) is 49.6 Å². The van der Waals surface area contributed by atoms with Crippen molar-refractivity contribution in [1.82, 2.24) is 4.90 Å². The lowest BCUT2D eigenvalue weighted by Gasteiger charge is -2.19. The third-order valence-corrected chi connectivity index (χ3v) is 6.15. The number of hydrogen-bond acceptors (Lipinski definition) is 6. The Hall–Kier alpha value is -3.88. The summed E-state index contributed by atoms with van der Waals surface area (Å²) in [5.41, 5.74) is 2.38. The van der Waals surface area contributed by atoms with Gasteiger partial charge in [-0.3, -0.25) is 14.5 Å². The summed E-state index contributed by atoms with van der Waals surface area (Å²) in [6.07, 6.45) is 1.66. The molecule has 3 aromatic rings. The van der Waals surface area contributed by atoms with Crippen molar-refractivity contribution in [3.63, 3.8) is 0 Å². The number of halogens is 1. The van der Waals surface area contributed by atoms with Crippen LogP contribution in [0.3, 0.4) is 0 Å². The molecule has 0 unspecified atom stereocenters. The first kappa shape index (κ1) is 25.2. The van der Waals surface area contributed by atoms with Gasteiger partial charge in [0.05, 0.1) is 19.9 Å². The number of methoxy groups -OCH3 is 2. The molecule has 36 heavy (non-hydrogen) atoms. The van der Waals surface area contributed by atoms with Crippen LogP contribution in [0.2, 0.25) is 5.02 Å². The summed E-state index contributed by atoms with van der Waals surface area (Å²) in [5.74, 6) is 0.311. The standard InChI is InChI=1S/C27H23ClN2O5S/c1-33-22-13-11-21(12-14-22)30-26(32)23(29(27(30)36)16-25(31)34-2)15-19-5-3-4-6-24(19)35-17-18-7-9-20(28)10-8-18/h3-15H,16-17H2,1-2H3/b23-15-. The van der Waals surface area contributed by atoms with Crippen LogP contribution in [0.5, 0.6) is 11.5 Å². The molecule has 0 atom stereocenters. The van der Waals surface area contributed by atoms with E-state index in [1.807, 2.05) is 36.4 Å². The Morgan fingerprint density at radius 3 is 2.36 bits per heavy atom. The average Bonchev–Trinajstić information content (AvgIpc) is 3.12. The van der Waals surface area contributed by atoms with Crippen LogP contribution in [0.1, 0.15) is 11.1 Å². The van der Waals surface area contributed by atoms with Crippen molar-refractivity contribution in [3.05, 3.63) is 94.6 Å². The van der Waals surface area contributed by atoms with Crippen molar-refractivity contribution < 1.29 is 23.8 Å². The van der Waals surface area contributed by atoms with Gasteiger partial charge >= 0.3 is 5.97 Å². The van der Waals surface area contributed by atoms with E-state index < -0.39 is 5.97 Å². The SMILES string of the molecule is COC(=O)CN1C(=S)N(c2ccc(OC)cc2)C(=O)/C1=C/c1ccccc1OCc1ccc(Cl)cc1. The van der Waals surface area contributed by atoms with Gasteiger partial charge in [0.2, 0.25) is 0 Å². The van der Waals surface area contributed by atoms with Crippen LogP contribution in [0.15, 0.2) is 78.5 Å². The highest BCUT2D eigenvalue weighted by atomic mass is 35.5. The zero-order valence-corrected chi connectivity index (χ0v) is 21.2. The molecular formula is C27H23ClN2O5S. The normalized spacial score (nSPS) is 14.4. The minimum absolute atomic E-state index is 0.168. The first-order valence-corrected chi connectivity index (χ1v) is 11.7. The fraction of sp³-hybridized carbons (Fsp3) is 0.148. The second-order valence-corrected chi connectivity index (χ2v) is 8.57. The van der Waals surface area contributed by atoms with Gasteiger partial charge in [-0.1, -0.05) is 41.9 Å². The highest BCUT2D eigenvalue weighted by Crippen LogP contribution is 2.32.